The summed E-state index contributed by atoms with van der Waals surface area (Å²) < 4.78 is 0. The van der Waals surface area contributed by atoms with E-state index in [1.807, 2.05) is 0 Å². The van der Waals surface area contributed by atoms with Crippen molar-refractivity contribution in [1.82, 2.24) is 0 Å². The summed E-state index contributed by atoms with van der Waals surface area (Å²) in [5.74, 6) is 2.79. The molecule has 0 aliphatic heterocycles. The monoisotopic (exact) mass is 451 g/mol. The van der Waals surface area contributed by atoms with Crippen LogP contribution >= 0.6 is 0 Å². The van der Waals surface area contributed by atoms with Gasteiger partial charge in [-0.05, 0) is 17.8 Å². The van der Waals surface area contributed by atoms with E-state index in [4.69, 9.17) is 0 Å². The first-order chi connectivity index (χ1) is 15.6. The minimum absolute atomic E-state index is 0.894. The Balaban J connectivity index is 3.29. The van der Waals surface area contributed by atoms with Gasteiger partial charge in [-0.15, -0.1) is 0 Å². The van der Waals surface area contributed by atoms with Gasteiger partial charge in [0.15, 0.2) is 0 Å². The number of hydrogen-bond acceptors (Lipinski definition) is 0. The molecule has 0 heterocycles. The van der Waals surface area contributed by atoms with Crippen molar-refractivity contribution < 1.29 is 0 Å². The largest absolute Gasteiger partial charge is 0.0654 e. The third kappa shape index (κ3) is 26.3. The van der Waals surface area contributed by atoms with Gasteiger partial charge in [0.2, 0.25) is 0 Å². The summed E-state index contributed by atoms with van der Waals surface area (Å²) in [6.45, 7) is 12.0. The summed E-state index contributed by atoms with van der Waals surface area (Å²) in [6, 6.07) is 0. The van der Waals surface area contributed by atoms with Crippen LogP contribution in [0.1, 0.15) is 189 Å². The molecule has 0 aliphatic rings. The van der Waals surface area contributed by atoms with Crippen LogP contribution < -0.4 is 0 Å². The second kappa shape index (κ2) is 25.6. The van der Waals surface area contributed by atoms with Crippen molar-refractivity contribution >= 4 is 0 Å². The molecule has 0 saturated heterocycles. The van der Waals surface area contributed by atoms with Crippen LogP contribution in [0.4, 0.5) is 0 Å². The summed E-state index contributed by atoms with van der Waals surface area (Å²) in [6.07, 6.45) is 35.2. The van der Waals surface area contributed by atoms with Gasteiger partial charge in [0.05, 0.1) is 0 Å². The van der Waals surface area contributed by atoms with Crippen molar-refractivity contribution in [3.63, 3.8) is 0 Å². The van der Waals surface area contributed by atoms with Gasteiger partial charge in [-0.25, -0.2) is 0 Å². The third-order valence-corrected chi connectivity index (χ3v) is 7.68. The fourth-order valence-corrected chi connectivity index (χ4v) is 5.12. The standard InChI is InChI=1S/C32H66/c1-6-7-8-9-10-11-14-17-20-23-26-31(4)28-29-32(5)27-24-21-18-15-12-13-16-19-22-25-30(2)3/h30-32H,6-29H2,1-5H3. The maximum atomic E-state index is 2.50. The second-order valence-corrected chi connectivity index (χ2v) is 11.9. The minimum atomic E-state index is 0.894. The molecule has 0 aromatic rings. The SMILES string of the molecule is CCCCCCCCCCCCC(C)CCC(C)CCCCCCCCCCCC(C)C. The highest BCUT2D eigenvalue weighted by molar-refractivity contribution is 4.60. The Labute approximate surface area is 206 Å². The molecule has 0 bridgehead atoms. The van der Waals surface area contributed by atoms with Crippen molar-refractivity contribution in [2.45, 2.75) is 189 Å². The molecule has 0 N–H and O–H groups in total. The van der Waals surface area contributed by atoms with E-state index in [0.717, 1.165) is 17.8 Å². The highest BCUT2D eigenvalue weighted by Gasteiger charge is 2.07. The maximum Gasteiger partial charge on any atom is -0.0443 e. The van der Waals surface area contributed by atoms with Crippen molar-refractivity contribution in [1.29, 1.82) is 0 Å². The molecule has 0 aliphatic carbocycles. The van der Waals surface area contributed by atoms with E-state index < -0.39 is 0 Å². The Bertz CT molecular complexity index is 331. The van der Waals surface area contributed by atoms with E-state index in [-0.39, 0.29) is 0 Å². The van der Waals surface area contributed by atoms with Crippen LogP contribution in [0, 0.1) is 17.8 Å². The molecule has 0 rings (SSSR count). The summed E-state index contributed by atoms with van der Waals surface area (Å²) in [5.41, 5.74) is 0. The zero-order chi connectivity index (χ0) is 23.7. The molecule has 0 spiro atoms. The molecule has 0 fully saturated rings. The lowest BCUT2D eigenvalue weighted by atomic mass is 9.91. The Kier molecular flexibility index (Phi) is 25.6. The van der Waals surface area contributed by atoms with Gasteiger partial charge in [0.25, 0.3) is 0 Å². The Morgan fingerprint density at radius 2 is 0.594 bits per heavy atom. The molecule has 2 unspecified atom stereocenters. The summed E-state index contributed by atoms with van der Waals surface area (Å²) in [5, 5.41) is 0. The van der Waals surface area contributed by atoms with Crippen LogP contribution in [0.2, 0.25) is 0 Å². The van der Waals surface area contributed by atoms with Crippen molar-refractivity contribution in [2.75, 3.05) is 0 Å². The highest BCUT2D eigenvalue weighted by atomic mass is 14.1. The van der Waals surface area contributed by atoms with Crippen LogP contribution in [-0.4, -0.2) is 0 Å². The fourth-order valence-electron chi connectivity index (χ4n) is 5.12. The summed E-state index contributed by atoms with van der Waals surface area (Å²) in [7, 11) is 0. The van der Waals surface area contributed by atoms with Crippen LogP contribution in [0.5, 0.6) is 0 Å². The Hall–Kier alpha value is 0. The lowest BCUT2D eigenvalue weighted by molar-refractivity contribution is 0.376. The zero-order valence-electron chi connectivity index (χ0n) is 23.7. The minimum Gasteiger partial charge on any atom is -0.0654 e. The van der Waals surface area contributed by atoms with Gasteiger partial charge in [-0.3, -0.25) is 0 Å². The quantitative estimate of drug-likeness (QED) is 0.115. The van der Waals surface area contributed by atoms with Crippen molar-refractivity contribution in [2.24, 2.45) is 17.8 Å². The number of rotatable bonds is 26. The first-order valence-electron chi connectivity index (χ1n) is 15.6. The van der Waals surface area contributed by atoms with Gasteiger partial charge < -0.3 is 0 Å². The third-order valence-electron chi connectivity index (χ3n) is 7.68. The maximum absolute atomic E-state index is 2.50. The smallest absolute Gasteiger partial charge is 0.0443 e. The average Bonchev–Trinajstić information content (AvgIpc) is 2.77. The van der Waals surface area contributed by atoms with Crippen LogP contribution in [0.3, 0.4) is 0 Å². The van der Waals surface area contributed by atoms with Gasteiger partial charge in [-0.2, -0.15) is 0 Å². The Morgan fingerprint density at radius 3 is 0.906 bits per heavy atom. The predicted molar refractivity (Wildman–Crippen MR) is 150 cm³/mol. The Morgan fingerprint density at radius 1 is 0.312 bits per heavy atom. The normalized spacial score (nSPS) is 13.7. The summed E-state index contributed by atoms with van der Waals surface area (Å²) >= 11 is 0. The molecule has 0 aromatic heterocycles. The molecular weight excluding hydrogens is 384 g/mol. The lowest BCUT2D eigenvalue weighted by Crippen LogP contribution is -2.01. The molecule has 0 heteroatoms. The number of hydrogen-bond donors (Lipinski definition) is 0. The van der Waals surface area contributed by atoms with Gasteiger partial charge in [0, 0.05) is 0 Å². The first kappa shape index (κ1) is 32.0. The number of unbranched alkanes of at least 4 members (excludes halogenated alkanes) is 17. The van der Waals surface area contributed by atoms with E-state index in [9.17, 15) is 0 Å². The van der Waals surface area contributed by atoms with Gasteiger partial charge in [0.1, 0.15) is 0 Å². The van der Waals surface area contributed by atoms with E-state index in [1.165, 1.54) is 154 Å². The van der Waals surface area contributed by atoms with E-state index in [1.54, 1.807) is 0 Å². The van der Waals surface area contributed by atoms with E-state index in [0.29, 0.717) is 0 Å². The molecule has 2 atom stereocenters. The molecule has 0 nitrogen and oxygen atoms in total. The first-order valence-corrected chi connectivity index (χ1v) is 15.6. The molecule has 0 amide bonds. The molecular formula is C32H66. The van der Waals surface area contributed by atoms with Crippen LogP contribution in [0.25, 0.3) is 0 Å². The topological polar surface area (TPSA) is 0 Å². The van der Waals surface area contributed by atoms with E-state index >= 15 is 0 Å². The molecule has 0 aromatic carbocycles. The zero-order valence-corrected chi connectivity index (χ0v) is 23.7. The predicted octanol–water partition coefficient (Wildman–Crippen LogP) is 12.3. The average molecular weight is 451 g/mol. The van der Waals surface area contributed by atoms with Crippen molar-refractivity contribution in [3.8, 4) is 0 Å². The van der Waals surface area contributed by atoms with Crippen LogP contribution in [-0.2, 0) is 0 Å². The second-order valence-electron chi connectivity index (χ2n) is 11.9. The van der Waals surface area contributed by atoms with Crippen molar-refractivity contribution in [3.05, 3.63) is 0 Å². The molecule has 0 saturated carbocycles. The molecule has 194 valence electrons. The van der Waals surface area contributed by atoms with E-state index in [2.05, 4.69) is 34.6 Å². The highest BCUT2D eigenvalue weighted by Crippen LogP contribution is 2.22. The van der Waals surface area contributed by atoms with Gasteiger partial charge >= 0.3 is 0 Å². The van der Waals surface area contributed by atoms with Gasteiger partial charge in [-0.1, -0.05) is 189 Å². The molecule has 32 heavy (non-hydrogen) atoms. The lowest BCUT2D eigenvalue weighted by Gasteiger charge is -2.15. The molecule has 0 radical (unpaired) electrons. The fraction of sp³-hybridized carbons (Fsp3) is 1.00. The summed E-state index contributed by atoms with van der Waals surface area (Å²) in [4.78, 5) is 0. The van der Waals surface area contributed by atoms with Crippen LogP contribution in [0.15, 0.2) is 0 Å².